The van der Waals surface area contributed by atoms with Crippen molar-refractivity contribution >= 4 is 10.9 Å². The van der Waals surface area contributed by atoms with Gasteiger partial charge in [-0.3, -0.25) is 19.2 Å². The molecule has 0 aliphatic carbocycles. The highest BCUT2D eigenvalue weighted by Gasteiger charge is 2.10. The lowest BCUT2D eigenvalue weighted by molar-refractivity contribution is 0.0369. The molecule has 1 aliphatic heterocycles. The van der Waals surface area contributed by atoms with Gasteiger partial charge in [-0.05, 0) is 12.5 Å². The van der Waals surface area contributed by atoms with E-state index in [1.807, 2.05) is 0 Å². The van der Waals surface area contributed by atoms with E-state index in [2.05, 4.69) is 14.9 Å². The number of nitrogens with zero attached hydrogens (tertiary/aromatic N) is 4. The van der Waals surface area contributed by atoms with Crippen LogP contribution in [0.15, 0.2) is 29.6 Å². The van der Waals surface area contributed by atoms with Crippen LogP contribution in [0.4, 0.5) is 0 Å². The Morgan fingerprint density at radius 3 is 2.95 bits per heavy atom. The third kappa shape index (κ3) is 2.86. The van der Waals surface area contributed by atoms with Crippen molar-refractivity contribution in [3.05, 3.63) is 35.1 Å². The molecule has 1 fully saturated rings. The van der Waals surface area contributed by atoms with Gasteiger partial charge in [0.1, 0.15) is 0 Å². The van der Waals surface area contributed by atoms with Crippen LogP contribution in [-0.2, 0) is 11.3 Å². The monoisotopic (exact) mass is 274 g/mol. The van der Waals surface area contributed by atoms with E-state index in [0.717, 1.165) is 39.3 Å². The molecular formula is C14H18N4O2. The predicted octanol–water partition coefficient (Wildman–Crippen LogP) is 0.514. The summed E-state index contributed by atoms with van der Waals surface area (Å²) in [5, 5.41) is 0.633. The number of pyridine rings is 1. The van der Waals surface area contributed by atoms with Gasteiger partial charge < -0.3 is 4.74 Å². The summed E-state index contributed by atoms with van der Waals surface area (Å²) in [7, 11) is 0. The number of fused-ring (bicyclic) bond motifs is 1. The Balaban J connectivity index is 1.65. The summed E-state index contributed by atoms with van der Waals surface area (Å²) < 4.78 is 7.00. The van der Waals surface area contributed by atoms with Crippen LogP contribution in [-0.4, -0.2) is 52.3 Å². The zero-order valence-corrected chi connectivity index (χ0v) is 11.4. The summed E-state index contributed by atoms with van der Waals surface area (Å²) in [5.74, 6) is 0. The van der Waals surface area contributed by atoms with Crippen LogP contribution in [0, 0.1) is 0 Å². The quantitative estimate of drug-likeness (QED) is 0.813. The first kappa shape index (κ1) is 13.2. The van der Waals surface area contributed by atoms with Gasteiger partial charge in [-0.15, -0.1) is 0 Å². The van der Waals surface area contributed by atoms with Crippen molar-refractivity contribution in [3.63, 3.8) is 0 Å². The zero-order chi connectivity index (χ0) is 13.8. The van der Waals surface area contributed by atoms with Crippen molar-refractivity contribution < 1.29 is 4.74 Å². The molecule has 1 saturated heterocycles. The fourth-order valence-corrected chi connectivity index (χ4v) is 2.46. The van der Waals surface area contributed by atoms with Crippen molar-refractivity contribution in [2.75, 3.05) is 32.8 Å². The molecular weight excluding hydrogens is 256 g/mol. The van der Waals surface area contributed by atoms with Gasteiger partial charge in [0, 0.05) is 32.4 Å². The van der Waals surface area contributed by atoms with Crippen LogP contribution in [0.25, 0.3) is 10.9 Å². The number of hydrogen-bond donors (Lipinski definition) is 0. The Morgan fingerprint density at radius 1 is 1.25 bits per heavy atom. The van der Waals surface area contributed by atoms with Crippen molar-refractivity contribution in [3.8, 4) is 0 Å². The average molecular weight is 274 g/mol. The summed E-state index contributed by atoms with van der Waals surface area (Å²) in [4.78, 5) is 22.9. The van der Waals surface area contributed by atoms with Crippen molar-refractivity contribution in [2.45, 2.75) is 13.0 Å². The van der Waals surface area contributed by atoms with E-state index in [0.29, 0.717) is 17.4 Å². The van der Waals surface area contributed by atoms with Crippen LogP contribution >= 0.6 is 0 Å². The van der Waals surface area contributed by atoms with E-state index in [1.165, 1.54) is 0 Å². The molecule has 0 spiro atoms. The molecule has 0 aromatic carbocycles. The van der Waals surface area contributed by atoms with Gasteiger partial charge in [0.2, 0.25) is 0 Å². The molecule has 0 saturated carbocycles. The minimum absolute atomic E-state index is 0.0133. The molecule has 0 unspecified atom stereocenters. The van der Waals surface area contributed by atoms with Crippen molar-refractivity contribution in [1.82, 2.24) is 19.4 Å². The molecule has 6 nitrogen and oxygen atoms in total. The first-order valence-electron chi connectivity index (χ1n) is 6.94. The Morgan fingerprint density at radius 2 is 2.10 bits per heavy atom. The maximum absolute atomic E-state index is 12.3. The standard InChI is InChI=1S/C14H18N4O2/c19-14-12-2-3-15-10-13(12)16-11-18(14)5-1-4-17-6-8-20-9-7-17/h2-3,10-11H,1,4-9H2. The number of rotatable bonds is 4. The highest BCUT2D eigenvalue weighted by molar-refractivity contribution is 5.75. The summed E-state index contributed by atoms with van der Waals surface area (Å²) in [6.07, 6.45) is 5.81. The highest BCUT2D eigenvalue weighted by atomic mass is 16.5. The molecule has 6 heteroatoms. The van der Waals surface area contributed by atoms with Gasteiger partial charge in [-0.25, -0.2) is 4.98 Å². The molecule has 0 atom stereocenters. The largest absolute Gasteiger partial charge is 0.379 e. The molecule has 3 heterocycles. The SMILES string of the molecule is O=c1c2ccncc2ncn1CCCN1CCOCC1. The zero-order valence-electron chi connectivity index (χ0n) is 11.4. The topological polar surface area (TPSA) is 60.2 Å². The molecule has 0 bridgehead atoms. The van der Waals surface area contributed by atoms with Gasteiger partial charge in [0.25, 0.3) is 5.56 Å². The van der Waals surface area contributed by atoms with E-state index in [1.54, 1.807) is 29.4 Å². The lowest BCUT2D eigenvalue weighted by atomic mass is 10.3. The molecule has 0 N–H and O–H groups in total. The Hall–Kier alpha value is -1.79. The Bertz CT molecular complexity index is 634. The van der Waals surface area contributed by atoms with E-state index in [4.69, 9.17) is 4.74 Å². The molecule has 20 heavy (non-hydrogen) atoms. The molecule has 2 aromatic rings. The van der Waals surface area contributed by atoms with E-state index < -0.39 is 0 Å². The summed E-state index contributed by atoms with van der Waals surface area (Å²) in [6.45, 7) is 5.27. The lowest BCUT2D eigenvalue weighted by Crippen LogP contribution is -2.37. The van der Waals surface area contributed by atoms with Crippen LogP contribution < -0.4 is 5.56 Å². The van der Waals surface area contributed by atoms with E-state index >= 15 is 0 Å². The second-order valence-electron chi connectivity index (χ2n) is 4.94. The molecule has 1 aliphatic rings. The Labute approximate surface area is 117 Å². The Kier molecular flexibility index (Phi) is 4.03. The number of aromatic nitrogens is 3. The lowest BCUT2D eigenvalue weighted by Gasteiger charge is -2.26. The molecule has 106 valence electrons. The van der Waals surface area contributed by atoms with Crippen molar-refractivity contribution in [2.24, 2.45) is 0 Å². The fourth-order valence-electron chi connectivity index (χ4n) is 2.46. The van der Waals surface area contributed by atoms with Crippen LogP contribution in [0.1, 0.15) is 6.42 Å². The van der Waals surface area contributed by atoms with Gasteiger partial charge in [0.15, 0.2) is 0 Å². The third-order valence-electron chi connectivity index (χ3n) is 3.60. The third-order valence-corrected chi connectivity index (χ3v) is 3.60. The molecule has 3 rings (SSSR count). The average Bonchev–Trinajstić information content (AvgIpc) is 2.51. The maximum atomic E-state index is 12.3. The number of morpholine rings is 1. The van der Waals surface area contributed by atoms with Crippen LogP contribution in [0.5, 0.6) is 0 Å². The second-order valence-corrected chi connectivity index (χ2v) is 4.94. The molecule has 0 radical (unpaired) electrons. The maximum Gasteiger partial charge on any atom is 0.261 e. The van der Waals surface area contributed by atoms with Crippen LogP contribution in [0.3, 0.4) is 0 Å². The van der Waals surface area contributed by atoms with E-state index in [9.17, 15) is 4.79 Å². The van der Waals surface area contributed by atoms with Gasteiger partial charge in [-0.2, -0.15) is 0 Å². The first-order valence-corrected chi connectivity index (χ1v) is 6.94. The number of hydrogen-bond acceptors (Lipinski definition) is 5. The minimum Gasteiger partial charge on any atom is -0.379 e. The first-order chi connectivity index (χ1) is 9.84. The normalized spacial score (nSPS) is 16.6. The smallest absolute Gasteiger partial charge is 0.261 e. The van der Waals surface area contributed by atoms with Crippen molar-refractivity contribution in [1.29, 1.82) is 0 Å². The summed E-state index contributed by atoms with van der Waals surface area (Å²) in [5.41, 5.74) is 0.668. The second kappa shape index (κ2) is 6.11. The predicted molar refractivity (Wildman–Crippen MR) is 75.7 cm³/mol. The molecule has 2 aromatic heterocycles. The number of aryl methyl sites for hydroxylation is 1. The van der Waals surface area contributed by atoms with Crippen LogP contribution in [0.2, 0.25) is 0 Å². The number of ether oxygens (including phenoxy) is 1. The summed E-state index contributed by atoms with van der Waals surface area (Å²) in [6, 6.07) is 1.73. The molecule has 0 amide bonds. The fraction of sp³-hybridized carbons (Fsp3) is 0.500. The van der Waals surface area contributed by atoms with Gasteiger partial charge in [0.05, 0.1) is 36.6 Å². The van der Waals surface area contributed by atoms with Gasteiger partial charge >= 0.3 is 0 Å². The van der Waals surface area contributed by atoms with E-state index in [-0.39, 0.29) is 5.56 Å². The minimum atomic E-state index is 0.0133. The van der Waals surface area contributed by atoms with Gasteiger partial charge in [-0.1, -0.05) is 0 Å². The summed E-state index contributed by atoms with van der Waals surface area (Å²) >= 11 is 0. The highest BCUT2D eigenvalue weighted by Crippen LogP contribution is 2.03.